The first-order valence-corrected chi connectivity index (χ1v) is 5.76. The standard InChI is InChI=1S/C12H12FNOS/c13-10-5-9(6-14)1-2-11(10)15-7-12(8-16)3-4-12/h1-2,5,16H,3-4,7-8H2. The van der Waals surface area contributed by atoms with Crippen LogP contribution in [0, 0.1) is 22.6 Å². The van der Waals surface area contributed by atoms with E-state index in [0.29, 0.717) is 12.2 Å². The first kappa shape index (κ1) is 11.3. The molecule has 0 aromatic heterocycles. The Morgan fingerprint density at radius 1 is 1.50 bits per heavy atom. The molecule has 0 amide bonds. The van der Waals surface area contributed by atoms with Crippen LogP contribution in [0.25, 0.3) is 0 Å². The molecule has 0 radical (unpaired) electrons. The van der Waals surface area contributed by atoms with Gasteiger partial charge in [0.2, 0.25) is 0 Å². The fourth-order valence-corrected chi connectivity index (χ4v) is 1.85. The van der Waals surface area contributed by atoms with Crippen molar-refractivity contribution in [3.05, 3.63) is 29.6 Å². The highest BCUT2D eigenvalue weighted by atomic mass is 32.1. The van der Waals surface area contributed by atoms with Gasteiger partial charge in [0.25, 0.3) is 0 Å². The minimum Gasteiger partial charge on any atom is -0.490 e. The van der Waals surface area contributed by atoms with Gasteiger partial charge < -0.3 is 4.74 Å². The molecular formula is C12H12FNOS. The fraction of sp³-hybridized carbons (Fsp3) is 0.417. The van der Waals surface area contributed by atoms with E-state index in [0.717, 1.165) is 18.6 Å². The van der Waals surface area contributed by atoms with Crippen LogP contribution >= 0.6 is 12.6 Å². The van der Waals surface area contributed by atoms with E-state index < -0.39 is 5.82 Å². The Hall–Kier alpha value is -1.21. The van der Waals surface area contributed by atoms with E-state index in [1.165, 1.54) is 12.1 Å². The number of halogens is 1. The summed E-state index contributed by atoms with van der Waals surface area (Å²) in [6.45, 7) is 0.499. The molecule has 1 fully saturated rings. The second kappa shape index (κ2) is 4.34. The molecule has 0 spiro atoms. The van der Waals surface area contributed by atoms with E-state index >= 15 is 0 Å². The maximum Gasteiger partial charge on any atom is 0.166 e. The molecule has 16 heavy (non-hydrogen) atoms. The second-order valence-electron chi connectivity index (χ2n) is 4.20. The molecule has 1 aliphatic carbocycles. The molecule has 0 N–H and O–H groups in total. The van der Waals surface area contributed by atoms with Gasteiger partial charge in [0.15, 0.2) is 11.6 Å². The summed E-state index contributed by atoms with van der Waals surface area (Å²) in [4.78, 5) is 0. The molecule has 0 atom stereocenters. The molecule has 1 aromatic carbocycles. The van der Waals surface area contributed by atoms with Crippen molar-refractivity contribution >= 4 is 12.6 Å². The maximum absolute atomic E-state index is 13.4. The van der Waals surface area contributed by atoms with Crippen molar-refractivity contribution in [1.29, 1.82) is 5.26 Å². The summed E-state index contributed by atoms with van der Waals surface area (Å²) in [6, 6.07) is 6.13. The number of ether oxygens (including phenoxy) is 1. The lowest BCUT2D eigenvalue weighted by Gasteiger charge is -2.13. The minimum atomic E-state index is -0.478. The van der Waals surface area contributed by atoms with Crippen molar-refractivity contribution in [3.63, 3.8) is 0 Å². The van der Waals surface area contributed by atoms with Gasteiger partial charge in [-0.15, -0.1) is 0 Å². The highest BCUT2D eigenvalue weighted by Gasteiger charge is 2.42. The van der Waals surface area contributed by atoms with Gasteiger partial charge >= 0.3 is 0 Å². The second-order valence-corrected chi connectivity index (χ2v) is 4.52. The zero-order valence-electron chi connectivity index (χ0n) is 8.74. The molecule has 0 saturated heterocycles. The van der Waals surface area contributed by atoms with Crippen LogP contribution in [-0.4, -0.2) is 12.4 Å². The summed E-state index contributed by atoms with van der Waals surface area (Å²) in [7, 11) is 0. The molecular weight excluding hydrogens is 225 g/mol. The molecule has 2 nitrogen and oxygen atoms in total. The third-order valence-electron chi connectivity index (χ3n) is 2.89. The number of nitrogens with zero attached hydrogens (tertiary/aromatic N) is 1. The fourth-order valence-electron chi connectivity index (χ4n) is 1.44. The minimum absolute atomic E-state index is 0.142. The van der Waals surface area contributed by atoms with Crippen LogP contribution in [0.1, 0.15) is 18.4 Å². The van der Waals surface area contributed by atoms with Crippen molar-refractivity contribution < 1.29 is 9.13 Å². The number of hydrogen-bond acceptors (Lipinski definition) is 3. The van der Waals surface area contributed by atoms with E-state index in [9.17, 15) is 4.39 Å². The molecule has 84 valence electrons. The Bertz CT molecular complexity index is 437. The van der Waals surface area contributed by atoms with Crippen LogP contribution < -0.4 is 4.74 Å². The number of benzene rings is 1. The summed E-state index contributed by atoms with van der Waals surface area (Å²) in [5, 5.41) is 8.59. The molecule has 0 aliphatic heterocycles. The lowest BCUT2D eigenvalue weighted by molar-refractivity contribution is 0.240. The number of thiol groups is 1. The first-order chi connectivity index (χ1) is 7.69. The SMILES string of the molecule is N#Cc1ccc(OCC2(CS)CC2)c(F)c1. The quantitative estimate of drug-likeness (QED) is 0.817. The van der Waals surface area contributed by atoms with E-state index in [1.54, 1.807) is 6.07 Å². The van der Waals surface area contributed by atoms with Crippen LogP contribution in [0.4, 0.5) is 4.39 Å². The van der Waals surface area contributed by atoms with Gasteiger partial charge in [0.05, 0.1) is 18.2 Å². The van der Waals surface area contributed by atoms with Crippen molar-refractivity contribution in [1.82, 2.24) is 0 Å². The van der Waals surface area contributed by atoms with Gasteiger partial charge in [-0.25, -0.2) is 4.39 Å². The molecule has 1 aromatic rings. The van der Waals surface area contributed by atoms with Crippen LogP contribution in [-0.2, 0) is 0 Å². The van der Waals surface area contributed by atoms with Gasteiger partial charge in [-0.05, 0) is 36.8 Å². The zero-order valence-corrected chi connectivity index (χ0v) is 9.64. The van der Waals surface area contributed by atoms with Crippen LogP contribution in [0.3, 0.4) is 0 Å². The van der Waals surface area contributed by atoms with Crippen LogP contribution in [0.5, 0.6) is 5.75 Å². The Balaban J connectivity index is 2.02. The lowest BCUT2D eigenvalue weighted by atomic mass is 10.1. The van der Waals surface area contributed by atoms with Crippen molar-refractivity contribution in [2.24, 2.45) is 5.41 Å². The average Bonchev–Trinajstić information content (AvgIpc) is 3.08. The third kappa shape index (κ3) is 2.30. The van der Waals surface area contributed by atoms with Gasteiger partial charge in [-0.3, -0.25) is 0 Å². The zero-order chi connectivity index (χ0) is 11.6. The van der Waals surface area contributed by atoms with Crippen molar-refractivity contribution in [2.45, 2.75) is 12.8 Å². The summed E-state index contributed by atoms with van der Waals surface area (Å²) >= 11 is 4.25. The van der Waals surface area contributed by atoms with E-state index in [-0.39, 0.29) is 11.2 Å². The van der Waals surface area contributed by atoms with E-state index in [2.05, 4.69) is 12.6 Å². The number of nitriles is 1. The van der Waals surface area contributed by atoms with Crippen molar-refractivity contribution in [2.75, 3.05) is 12.4 Å². The molecule has 0 bridgehead atoms. The number of rotatable bonds is 4. The molecule has 1 aliphatic rings. The Morgan fingerprint density at radius 2 is 2.25 bits per heavy atom. The molecule has 0 heterocycles. The largest absolute Gasteiger partial charge is 0.490 e. The van der Waals surface area contributed by atoms with Crippen LogP contribution in [0.15, 0.2) is 18.2 Å². The van der Waals surface area contributed by atoms with Crippen molar-refractivity contribution in [3.8, 4) is 11.8 Å². The summed E-state index contributed by atoms with van der Waals surface area (Å²) in [5.41, 5.74) is 0.448. The van der Waals surface area contributed by atoms with Crippen LogP contribution in [0.2, 0.25) is 0 Å². The molecule has 2 rings (SSSR count). The Kier molecular flexibility index (Phi) is 3.06. The molecule has 1 saturated carbocycles. The smallest absolute Gasteiger partial charge is 0.166 e. The summed E-state index contributed by atoms with van der Waals surface area (Å²) in [6.07, 6.45) is 2.18. The van der Waals surface area contributed by atoms with Gasteiger partial charge in [0.1, 0.15) is 0 Å². The Labute approximate surface area is 99.4 Å². The van der Waals surface area contributed by atoms with Gasteiger partial charge in [-0.2, -0.15) is 17.9 Å². The topological polar surface area (TPSA) is 33.0 Å². The van der Waals surface area contributed by atoms with Gasteiger partial charge in [0, 0.05) is 5.41 Å². The normalized spacial score (nSPS) is 16.6. The Morgan fingerprint density at radius 3 is 2.75 bits per heavy atom. The monoisotopic (exact) mass is 237 g/mol. The van der Waals surface area contributed by atoms with Gasteiger partial charge in [-0.1, -0.05) is 0 Å². The first-order valence-electron chi connectivity index (χ1n) is 5.12. The van der Waals surface area contributed by atoms with E-state index in [4.69, 9.17) is 10.00 Å². The number of hydrogen-bond donors (Lipinski definition) is 1. The highest BCUT2D eigenvalue weighted by molar-refractivity contribution is 7.80. The highest BCUT2D eigenvalue weighted by Crippen LogP contribution is 2.46. The summed E-state index contributed by atoms with van der Waals surface area (Å²) in [5.74, 6) is 0.506. The lowest BCUT2D eigenvalue weighted by Crippen LogP contribution is -2.15. The summed E-state index contributed by atoms with van der Waals surface area (Å²) < 4.78 is 18.9. The predicted octanol–water partition coefficient (Wildman–Crippen LogP) is 2.79. The predicted molar refractivity (Wildman–Crippen MR) is 62.1 cm³/mol. The third-order valence-corrected chi connectivity index (χ3v) is 3.56. The average molecular weight is 237 g/mol. The molecule has 0 unspecified atom stereocenters. The maximum atomic E-state index is 13.4. The van der Waals surface area contributed by atoms with E-state index in [1.807, 2.05) is 6.07 Å². The molecule has 4 heteroatoms.